The molecule has 0 spiro atoms. The van der Waals surface area contributed by atoms with Crippen LogP contribution in [0.5, 0.6) is 0 Å². The number of ether oxygens (including phenoxy) is 1. The number of aliphatic hydroxyl groups is 4. The Morgan fingerprint density at radius 2 is 1.71 bits per heavy atom. The zero-order valence-corrected chi connectivity index (χ0v) is 7.87. The van der Waals surface area contributed by atoms with Crippen LogP contribution in [0.3, 0.4) is 0 Å². The van der Waals surface area contributed by atoms with Gasteiger partial charge in [0.15, 0.2) is 16.5 Å². The Kier molecular flexibility index (Phi) is 3.95. The highest BCUT2D eigenvalue weighted by molar-refractivity contribution is 7.79. The lowest BCUT2D eigenvalue weighted by Crippen LogP contribution is -2.59. The van der Waals surface area contributed by atoms with Crippen LogP contribution in [0.15, 0.2) is 0 Å². The highest BCUT2D eigenvalue weighted by atomic mass is 32.2. The van der Waals surface area contributed by atoms with Crippen molar-refractivity contribution in [3.05, 3.63) is 0 Å². The van der Waals surface area contributed by atoms with Crippen molar-refractivity contribution in [2.75, 3.05) is 6.61 Å². The van der Waals surface area contributed by atoms with Gasteiger partial charge in [-0.25, -0.2) is 4.21 Å². The van der Waals surface area contributed by atoms with E-state index in [0.717, 1.165) is 0 Å². The molecule has 0 radical (unpaired) electrons. The molecule has 0 bridgehead atoms. The van der Waals surface area contributed by atoms with Gasteiger partial charge in [0.05, 0.1) is 6.61 Å². The lowest BCUT2D eigenvalue weighted by atomic mass is 10.0. The van der Waals surface area contributed by atoms with Crippen molar-refractivity contribution in [1.82, 2.24) is 0 Å². The van der Waals surface area contributed by atoms with Crippen LogP contribution >= 0.6 is 0 Å². The largest absolute Gasteiger partial charge is 0.394 e. The van der Waals surface area contributed by atoms with E-state index in [-0.39, 0.29) is 0 Å². The molecule has 0 aromatic rings. The summed E-state index contributed by atoms with van der Waals surface area (Å²) in [7, 11) is 0. The van der Waals surface area contributed by atoms with Crippen molar-refractivity contribution in [3.8, 4) is 0 Å². The Balaban J connectivity index is 2.78. The molecule has 0 amide bonds. The van der Waals surface area contributed by atoms with E-state index in [4.69, 9.17) is 14.4 Å². The fraction of sp³-hybridized carbons (Fsp3) is 1.00. The quantitative estimate of drug-likeness (QED) is 0.319. The summed E-state index contributed by atoms with van der Waals surface area (Å²) >= 11 is -2.49. The summed E-state index contributed by atoms with van der Waals surface area (Å²) in [5.74, 6) is 0. The van der Waals surface area contributed by atoms with Crippen molar-refractivity contribution in [2.24, 2.45) is 0 Å². The molecule has 14 heavy (non-hydrogen) atoms. The summed E-state index contributed by atoms with van der Waals surface area (Å²) in [4.78, 5) is 0. The van der Waals surface area contributed by atoms with Gasteiger partial charge >= 0.3 is 0 Å². The van der Waals surface area contributed by atoms with Crippen molar-refractivity contribution in [3.63, 3.8) is 0 Å². The smallest absolute Gasteiger partial charge is 0.186 e. The van der Waals surface area contributed by atoms with Crippen LogP contribution in [-0.4, -0.2) is 65.6 Å². The molecule has 8 heteroatoms. The molecule has 84 valence electrons. The van der Waals surface area contributed by atoms with Crippen molar-refractivity contribution >= 4 is 11.1 Å². The van der Waals surface area contributed by atoms with Gasteiger partial charge in [0.25, 0.3) is 0 Å². The van der Waals surface area contributed by atoms with E-state index in [1.54, 1.807) is 0 Å². The fourth-order valence-corrected chi connectivity index (χ4v) is 1.87. The molecule has 0 saturated carbocycles. The van der Waals surface area contributed by atoms with Crippen LogP contribution in [0.4, 0.5) is 0 Å². The van der Waals surface area contributed by atoms with Gasteiger partial charge in [0.2, 0.25) is 0 Å². The second-order valence-corrected chi connectivity index (χ2v) is 3.99. The Bertz CT molecular complexity index is 220. The van der Waals surface area contributed by atoms with Crippen LogP contribution in [0.1, 0.15) is 0 Å². The summed E-state index contributed by atoms with van der Waals surface area (Å²) < 4.78 is 24.0. The second kappa shape index (κ2) is 4.62. The third-order valence-electron chi connectivity index (χ3n) is 2.05. The Hall–Kier alpha value is -0.0900. The molecule has 1 rings (SSSR count). The molecule has 5 N–H and O–H groups in total. The average molecular weight is 228 g/mol. The molecule has 7 nitrogen and oxygen atoms in total. The van der Waals surface area contributed by atoms with E-state index in [1.165, 1.54) is 0 Å². The van der Waals surface area contributed by atoms with E-state index in [1.807, 2.05) is 0 Å². The summed E-state index contributed by atoms with van der Waals surface area (Å²) in [5.41, 5.74) is -1.52. The third-order valence-corrected chi connectivity index (χ3v) is 2.83. The van der Waals surface area contributed by atoms with E-state index >= 15 is 0 Å². The van der Waals surface area contributed by atoms with Crippen LogP contribution in [0, 0.1) is 0 Å². The predicted molar refractivity (Wildman–Crippen MR) is 44.5 cm³/mol. The molecule has 0 aliphatic carbocycles. The zero-order chi connectivity index (χ0) is 10.9. The van der Waals surface area contributed by atoms with Crippen molar-refractivity contribution in [2.45, 2.75) is 29.9 Å². The summed E-state index contributed by atoms with van der Waals surface area (Å²) in [6, 6.07) is 0. The van der Waals surface area contributed by atoms with Gasteiger partial charge < -0.3 is 29.7 Å². The normalized spacial score (nSPS) is 46.2. The maximum atomic E-state index is 10.6. The van der Waals surface area contributed by atoms with E-state index in [9.17, 15) is 19.5 Å². The Labute approximate surface area is 82.2 Å². The van der Waals surface area contributed by atoms with Gasteiger partial charge in [-0.05, 0) is 0 Å². The van der Waals surface area contributed by atoms with Gasteiger partial charge in [-0.1, -0.05) is 0 Å². The minimum Gasteiger partial charge on any atom is -0.394 e. The lowest BCUT2D eigenvalue weighted by molar-refractivity contribution is -0.207. The summed E-state index contributed by atoms with van der Waals surface area (Å²) in [6.45, 7) is -0.612. The van der Waals surface area contributed by atoms with Crippen LogP contribution in [-0.2, 0) is 15.8 Å². The standard InChI is InChI=1S/C6H12O7S/c7-1-2-3(8)4(9)5(10)6(13-2)14(11)12/h2-10H,1H2,(H,11,12)/t2-,3+,4+,5-,6?/m1/s1. The molecule has 0 aromatic carbocycles. The molecule has 0 aromatic heterocycles. The number of aliphatic hydroxyl groups excluding tert-OH is 4. The van der Waals surface area contributed by atoms with E-state index < -0.39 is 47.5 Å². The molecular formula is C6H12O7S. The van der Waals surface area contributed by atoms with Crippen molar-refractivity contribution in [1.29, 1.82) is 0 Å². The van der Waals surface area contributed by atoms with E-state index in [0.29, 0.717) is 0 Å². The SMILES string of the molecule is O=S(O)C1O[C@H](CO)[C@H](O)[C@H](O)[C@H]1O. The third kappa shape index (κ3) is 2.11. The molecular weight excluding hydrogens is 216 g/mol. The molecule has 1 saturated heterocycles. The van der Waals surface area contributed by atoms with Gasteiger partial charge in [0, 0.05) is 0 Å². The predicted octanol–water partition coefficient (Wildman–Crippen LogP) is -2.99. The monoisotopic (exact) mass is 228 g/mol. The van der Waals surface area contributed by atoms with Crippen LogP contribution in [0.2, 0.25) is 0 Å². The maximum absolute atomic E-state index is 10.6. The lowest BCUT2D eigenvalue weighted by Gasteiger charge is -2.38. The molecule has 6 atom stereocenters. The van der Waals surface area contributed by atoms with Gasteiger partial charge in [-0.2, -0.15) is 0 Å². The second-order valence-electron chi connectivity index (χ2n) is 2.97. The Morgan fingerprint density at radius 1 is 1.14 bits per heavy atom. The summed E-state index contributed by atoms with van der Waals surface area (Å²) in [6.07, 6.45) is -5.91. The first-order chi connectivity index (χ1) is 6.49. The van der Waals surface area contributed by atoms with Crippen LogP contribution in [0.25, 0.3) is 0 Å². The topological polar surface area (TPSA) is 127 Å². The number of rotatable bonds is 2. The fourth-order valence-electron chi connectivity index (χ4n) is 1.23. The van der Waals surface area contributed by atoms with Gasteiger partial charge in [0.1, 0.15) is 24.4 Å². The Morgan fingerprint density at radius 3 is 2.14 bits per heavy atom. The highest BCUT2D eigenvalue weighted by Gasteiger charge is 2.45. The minimum atomic E-state index is -2.49. The first-order valence-corrected chi connectivity index (χ1v) is 5.06. The first-order valence-electron chi connectivity index (χ1n) is 3.89. The molecule has 1 fully saturated rings. The average Bonchev–Trinajstić information content (AvgIpc) is 2.14. The molecule has 1 aliphatic rings. The van der Waals surface area contributed by atoms with E-state index in [2.05, 4.69) is 0 Å². The maximum Gasteiger partial charge on any atom is 0.186 e. The number of hydrogen-bond acceptors (Lipinski definition) is 6. The molecule has 2 unspecified atom stereocenters. The number of hydrogen-bond donors (Lipinski definition) is 5. The van der Waals surface area contributed by atoms with Gasteiger partial charge in [-0.3, -0.25) is 0 Å². The zero-order valence-electron chi connectivity index (χ0n) is 7.05. The molecule has 1 heterocycles. The molecule has 1 aliphatic heterocycles. The first kappa shape index (κ1) is 12.0. The van der Waals surface area contributed by atoms with Gasteiger partial charge in [-0.15, -0.1) is 0 Å². The summed E-state index contributed by atoms with van der Waals surface area (Å²) in [5, 5.41) is 36.4. The van der Waals surface area contributed by atoms with Crippen LogP contribution < -0.4 is 0 Å². The van der Waals surface area contributed by atoms with Crippen molar-refractivity contribution < 1.29 is 33.9 Å². The highest BCUT2D eigenvalue weighted by Crippen LogP contribution is 2.22. The minimum absolute atomic E-state index is 0.612.